The normalized spacial score (nSPS) is 10.8. The molecule has 2 heterocycles. The maximum absolute atomic E-state index is 12.1. The van der Waals surface area contributed by atoms with Gasteiger partial charge in [-0.25, -0.2) is 4.98 Å². The van der Waals surface area contributed by atoms with Crippen LogP contribution in [-0.2, 0) is 11.3 Å². The number of pyridine rings is 1. The highest BCUT2D eigenvalue weighted by atomic mass is 35.5. The highest BCUT2D eigenvalue weighted by Crippen LogP contribution is 2.12. The van der Waals surface area contributed by atoms with Gasteiger partial charge in [-0.1, -0.05) is 17.7 Å². The van der Waals surface area contributed by atoms with Crippen LogP contribution in [-0.4, -0.2) is 21.1 Å². The van der Waals surface area contributed by atoms with Gasteiger partial charge in [0.1, 0.15) is 5.65 Å². The van der Waals surface area contributed by atoms with Gasteiger partial charge in [-0.3, -0.25) is 9.59 Å². The molecule has 3 aromatic rings. The molecule has 0 aliphatic heterocycles. The number of halogens is 1. The molecule has 0 unspecified atom stereocenters. The fourth-order valence-corrected chi connectivity index (χ4v) is 2.70. The third-order valence-corrected chi connectivity index (χ3v) is 4.19. The van der Waals surface area contributed by atoms with Crippen molar-refractivity contribution >= 4 is 28.9 Å². The quantitative estimate of drug-likeness (QED) is 0.687. The minimum Gasteiger partial charge on any atom is -0.350 e. The Hall–Kier alpha value is -2.66. The molecule has 1 aromatic carbocycles. The van der Waals surface area contributed by atoms with Crippen molar-refractivity contribution in [2.45, 2.75) is 26.3 Å². The Balaban J connectivity index is 1.51. The average molecular weight is 356 g/mol. The lowest BCUT2D eigenvalue weighted by atomic mass is 10.1. The van der Waals surface area contributed by atoms with Crippen LogP contribution in [0.5, 0.6) is 0 Å². The van der Waals surface area contributed by atoms with Crippen LogP contribution in [0.25, 0.3) is 5.65 Å². The SMILES string of the molecule is Cc1cccn2cc(CNC(=O)CCC(=O)c3ccc(Cl)cc3)nc12. The summed E-state index contributed by atoms with van der Waals surface area (Å²) >= 11 is 5.80. The Bertz CT molecular complexity index is 916. The van der Waals surface area contributed by atoms with E-state index in [1.165, 1.54) is 0 Å². The second kappa shape index (κ2) is 7.49. The third-order valence-electron chi connectivity index (χ3n) is 3.94. The molecule has 5 nitrogen and oxygen atoms in total. The number of aryl methyl sites for hydroxylation is 1. The largest absolute Gasteiger partial charge is 0.350 e. The van der Waals surface area contributed by atoms with E-state index in [1.807, 2.05) is 35.9 Å². The lowest BCUT2D eigenvalue weighted by molar-refractivity contribution is -0.121. The van der Waals surface area contributed by atoms with Crippen molar-refractivity contribution in [3.8, 4) is 0 Å². The Morgan fingerprint density at radius 3 is 2.64 bits per heavy atom. The number of ketones is 1. The summed E-state index contributed by atoms with van der Waals surface area (Å²) in [6.07, 6.45) is 4.12. The fourth-order valence-electron chi connectivity index (χ4n) is 2.57. The fraction of sp³-hybridized carbons (Fsp3) is 0.211. The standard InChI is InChI=1S/C19H18ClN3O2/c1-13-3-2-10-23-12-16(22-19(13)23)11-21-18(25)9-8-17(24)14-4-6-15(20)7-5-14/h2-7,10,12H,8-9,11H2,1H3,(H,21,25). The van der Waals surface area contributed by atoms with Gasteiger partial charge in [0, 0.05) is 35.8 Å². The predicted molar refractivity (Wildman–Crippen MR) is 96.8 cm³/mol. The number of benzene rings is 1. The van der Waals surface area contributed by atoms with Crippen molar-refractivity contribution in [1.29, 1.82) is 0 Å². The number of imidazole rings is 1. The summed E-state index contributed by atoms with van der Waals surface area (Å²) in [5.41, 5.74) is 3.30. The number of rotatable bonds is 6. The van der Waals surface area contributed by atoms with Gasteiger partial charge in [0.15, 0.2) is 5.78 Å². The number of nitrogens with zero attached hydrogens (tertiary/aromatic N) is 2. The molecule has 128 valence electrons. The number of carbonyl (C=O) groups excluding carboxylic acids is 2. The molecule has 0 fully saturated rings. The number of Topliss-reactive ketones (excluding diaryl/α,β-unsaturated/α-hetero) is 1. The number of amides is 1. The molecule has 0 bridgehead atoms. The van der Waals surface area contributed by atoms with Crippen molar-refractivity contribution in [2.24, 2.45) is 0 Å². The molecule has 1 N–H and O–H groups in total. The molecule has 0 saturated heterocycles. The topological polar surface area (TPSA) is 63.5 Å². The minimum atomic E-state index is -0.170. The number of hydrogen-bond donors (Lipinski definition) is 1. The lowest BCUT2D eigenvalue weighted by Crippen LogP contribution is -2.23. The van der Waals surface area contributed by atoms with Crippen molar-refractivity contribution < 1.29 is 9.59 Å². The van der Waals surface area contributed by atoms with E-state index in [1.54, 1.807) is 24.3 Å². The molecule has 0 spiro atoms. The van der Waals surface area contributed by atoms with Crippen molar-refractivity contribution in [3.63, 3.8) is 0 Å². The number of carbonyl (C=O) groups is 2. The maximum atomic E-state index is 12.1. The van der Waals surface area contributed by atoms with Gasteiger partial charge in [-0.15, -0.1) is 0 Å². The van der Waals surface area contributed by atoms with Crippen LogP contribution in [0.1, 0.15) is 34.5 Å². The van der Waals surface area contributed by atoms with Crippen LogP contribution in [0.2, 0.25) is 5.02 Å². The molecule has 0 aliphatic rings. The first-order chi connectivity index (χ1) is 12.0. The predicted octanol–water partition coefficient (Wildman–Crippen LogP) is 3.58. The van der Waals surface area contributed by atoms with Gasteiger partial charge in [0.05, 0.1) is 12.2 Å². The summed E-state index contributed by atoms with van der Waals surface area (Å²) in [5.74, 6) is -0.244. The van der Waals surface area contributed by atoms with E-state index >= 15 is 0 Å². The van der Waals surface area contributed by atoms with Gasteiger partial charge >= 0.3 is 0 Å². The molecule has 25 heavy (non-hydrogen) atoms. The summed E-state index contributed by atoms with van der Waals surface area (Å²) in [4.78, 5) is 28.5. The second-order valence-electron chi connectivity index (χ2n) is 5.86. The lowest BCUT2D eigenvalue weighted by Gasteiger charge is -2.03. The van der Waals surface area contributed by atoms with E-state index in [0.717, 1.165) is 16.9 Å². The van der Waals surface area contributed by atoms with Crippen LogP contribution < -0.4 is 5.32 Å². The first-order valence-electron chi connectivity index (χ1n) is 8.01. The van der Waals surface area contributed by atoms with Gasteiger partial charge in [0.25, 0.3) is 0 Å². The Morgan fingerprint density at radius 2 is 1.92 bits per heavy atom. The average Bonchev–Trinajstić information content (AvgIpc) is 3.03. The van der Waals surface area contributed by atoms with Gasteiger partial charge < -0.3 is 9.72 Å². The van der Waals surface area contributed by atoms with E-state index in [-0.39, 0.29) is 24.5 Å². The van der Waals surface area contributed by atoms with E-state index in [2.05, 4.69) is 10.3 Å². The molecular weight excluding hydrogens is 338 g/mol. The third kappa shape index (κ3) is 4.25. The van der Waals surface area contributed by atoms with Crippen LogP contribution in [0, 0.1) is 6.92 Å². The van der Waals surface area contributed by atoms with Crippen molar-refractivity contribution in [1.82, 2.24) is 14.7 Å². The van der Waals surface area contributed by atoms with Gasteiger partial charge in [0.2, 0.25) is 5.91 Å². The molecule has 1 amide bonds. The second-order valence-corrected chi connectivity index (χ2v) is 6.30. The Kier molecular flexibility index (Phi) is 5.14. The van der Waals surface area contributed by atoms with Crippen molar-refractivity contribution in [2.75, 3.05) is 0 Å². The summed E-state index contributed by atoms with van der Waals surface area (Å²) in [5, 5.41) is 3.39. The molecule has 0 aliphatic carbocycles. The number of aromatic nitrogens is 2. The molecular formula is C19H18ClN3O2. The summed E-state index contributed by atoms with van der Waals surface area (Å²) < 4.78 is 1.93. The van der Waals surface area contributed by atoms with Crippen molar-refractivity contribution in [3.05, 3.63) is 70.6 Å². The monoisotopic (exact) mass is 355 g/mol. The highest BCUT2D eigenvalue weighted by Gasteiger charge is 2.10. The first kappa shape index (κ1) is 17.2. The first-order valence-corrected chi connectivity index (χ1v) is 8.39. The Labute approximate surface area is 150 Å². The maximum Gasteiger partial charge on any atom is 0.220 e. The van der Waals surface area contributed by atoms with Crippen LogP contribution in [0.3, 0.4) is 0 Å². The van der Waals surface area contributed by atoms with E-state index in [0.29, 0.717) is 17.1 Å². The van der Waals surface area contributed by atoms with Gasteiger partial charge in [-0.2, -0.15) is 0 Å². The molecule has 0 atom stereocenters. The number of nitrogens with one attached hydrogen (secondary N) is 1. The molecule has 0 radical (unpaired) electrons. The van der Waals surface area contributed by atoms with Crippen LogP contribution in [0.4, 0.5) is 0 Å². The molecule has 2 aromatic heterocycles. The summed E-state index contributed by atoms with van der Waals surface area (Å²) in [7, 11) is 0. The zero-order valence-electron chi connectivity index (χ0n) is 13.8. The summed E-state index contributed by atoms with van der Waals surface area (Å²) in [6.45, 7) is 2.34. The van der Waals surface area contributed by atoms with Gasteiger partial charge in [-0.05, 0) is 42.8 Å². The highest BCUT2D eigenvalue weighted by molar-refractivity contribution is 6.30. The summed E-state index contributed by atoms with van der Waals surface area (Å²) in [6, 6.07) is 10.6. The zero-order valence-corrected chi connectivity index (χ0v) is 14.6. The molecule has 3 rings (SSSR count). The van der Waals surface area contributed by atoms with E-state index < -0.39 is 0 Å². The minimum absolute atomic E-state index is 0.0739. The zero-order chi connectivity index (χ0) is 17.8. The van der Waals surface area contributed by atoms with Crippen LogP contribution in [0.15, 0.2) is 48.8 Å². The Morgan fingerprint density at radius 1 is 1.16 bits per heavy atom. The molecule has 0 saturated carbocycles. The molecule has 6 heteroatoms. The van der Waals surface area contributed by atoms with Crippen LogP contribution >= 0.6 is 11.6 Å². The number of fused-ring (bicyclic) bond motifs is 1. The van der Waals surface area contributed by atoms with E-state index in [9.17, 15) is 9.59 Å². The van der Waals surface area contributed by atoms with E-state index in [4.69, 9.17) is 11.6 Å². The smallest absolute Gasteiger partial charge is 0.220 e. The number of hydrogen-bond acceptors (Lipinski definition) is 3.